The van der Waals surface area contributed by atoms with Crippen molar-refractivity contribution in [2.45, 2.75) is 16.5 Å². The number of methoxy groups -OCH3 is 1. The van der Waals surface area contributed by atoms with Gasteiger partial charge < -0.3 is 10.1 Å². The van der Waals surface area contributed by atoms with Crippen molar-refractivity contribution >= 4 is 33.9 Å². The average molecular weight is 361 g/mol. The molecule has 0 fully saturated rings. The van der Waals surface area contributed by atoms with Gasteiger partial charge in [0.2, 0.25) is 5.13 Å². The van der Waals surface area contributed by atoms with Crippen LogP contribution in [-0.2, 0) is 0 Å². The first-order valence-electron chi connectivity index (χ1n) is 7.31. The first-order chi connectivity index (χ1) is 11.7. The van der Waals surface area contributed by atoms with Crippen LogP contribution in [0.4, 0.5) is 15.2 Å². The Balaban J connectivity index is 1.68. The van der Waals surface area contributed by atoms with Crippen molar-refractivity contribution in [1.29, 1.82) is 0 Å². The minimum atomic E-state index is -0.227. The van der Waals surface area contributed by atoms with Crippen molar-refractivity contribution in [2.75, 3.05) is 12.4 Å². The van der Waals surface area contributed by atoms with E-state index in [1.54, 1.807) is 31.0 Å². The van der Waals surface area contributed by atoms with E-state index in [4.69, 9.17) is 4.74 Å². The van der Waals surface area contributed by atoms with E-state index in [0.717, 1.165) is 21.3 Å². The number of hydrogen-bond donors (Lipinski definition) is 1. The van der Waals surface area contributed by atoms with Crippen LogP contribution < -0.4 is 10.1 Å². The lowest BCUT2D eigenvalue weighted by Crippen LogP contribution is -1.93. The number of nitrogens with zero attached hydrogens (tertiary/aromatic N) is 2. The maximum absolute atomic E-state index is 13.0. The first kappa shape index (κ1) is 16.7. The van der Waals surface area contributed by atoms with Gasteiger partial charge in [-0.2, -0.15) is 0 Å². The van der Waals surface area contributed by atoms with E-state index >= 15 is 0 Å². The molecule has 1 atom stereocenters. The summed E-state index contributed by atoms with van der Waals surface area (Å²) < 4.78 is 19.2. The van der Waals surface area contributed by atoms with Crippen molar-refractivity contribution in [1.82, 2.24) is 10.2 Å². The summed E-state index contributed by atoms with van der Waals surface area (Å²) in [6.45, 7) is 2.06. The molecule has 24 heavy (non-hydrogen) atoms. The lowest BCUT2D eigenvalue weighted by molar-refractivity contribution is 0.417. The number of ether oxygens (including phenoxy) is 1. The van der Waals surface area contributed by atoms with Crippen LogP contribution in [0.5, 0.6) is 5.75 Å². The molecule has 0 amide bonds. The second-order valence-electron chi connectivity index (χ2n) is 5.01. The molecule has 0 bridgehead atoms. The number of thioether (sulfide) groups is 1. The minimum Gasteiger partial charge on any atom is -0.495 e. The van der Waals surface area contributed by atoms with E-state index in [9.17, 15) is 4.39 Å². The monoisotopic (exact) mass is 361 g/mol. The van der Waals surface area contributed by atoms with Crippen molar-refractivity contribution in [3.8, 4) is 5.75 Å². The predicted molar refractivity (Wildman–Crippen MR) is 96.9 cm³/mol. The number of nitrogens with one attached hydrogen (secondary N) is 1. The number of rotatable bonds is 6. The summed E-state index contributed by atoms with van der Waals surface area (Å²) in [5, 5.41) is 12.5. The summed E-state index contributed by atoms with van der Waals surface area (Å²) in [7, 11) is 1.63. The van der Waals surface area contributed by atoms with Crippen LogP contribution in [0.25, 0.3) is 0 Å². The fourth-order valence-electron chi connectivity index (χ4n) is 2.12. The molecule has 7 heteroatoms. The summed E-state index contributed by atoms with van der Waals surface area (Å²) in [6, 6.07) is 14.2. The van der Waals surface area contributed by atoms with Gasteiger partial charge in [0.05, 0.1) is 12.8 Å². The summed E-state index contributed by atoms with van der Waals surface area (Å²) in [5.74, 6) is 0.525. The zero-order valence-corrected chi connectivity index (χ0v) is 14.8. The maximum Gasteiger partial charge on any atom is 0.210 e. The Bertz CT molecular complexity index is 808. The van der Waals surface area contributed by atoms with Gasteiger partial charge in [0.25, 0.3) is 0 Å². The van der Waals surface area contributed by atoms with Crippen LogP contribution in [-0.4, -0.2) is 17.3 Å². The second-order valence-corrected chi connectivity index (χ2v) is 7.58. The van der Waals surface area contributed by atoms with Crippen LogP contribution >= 0.6 is 23.1 Å². The normalized spacial score (nSPS) is 12.0. The van der Waals surface area contributed by atoms with E-state index in [1.165, 1.54) is 23.5 Å². The fourth-order valence-corrected chi connectivity index (χ4v) is 4.16. The van der Waals surface area contributed by atoms with Crippen LogP contribution in [0.1, 0.15) is 17.7 Å². The van der Waals surface area contributed by atoms with Crippen LogP contribution in [0, 0.1) is 5.82 Å². The Morgan fingerprint density at radius 3 is 2.62 bits per heavy atom. The molecule has 0 aliphatic rings. The highest BCUT2D eigenvalue weighted by Crippen LogP contribution is 2.38. The highest BCUT2D eigenvalue weighted by molar-refractivity contribution is 8.01. The maximum atomic E-state index is 13.0. The van der Waals surface area contributed by atoms with Crippen molar-refractivity contribution in [2.24, 2.45) is 0 Å². The van der Waals surface area contributed by atoms with Crippen molar-refractivity contribution in [3.05, 3.63) is 59.9 Å². The highest BCUT2D eigenvalue weighted by Gasteiger charge is 2.13. The van der Waals surface area contributed by atoms with Crippen LogP contribution in [0.15, 0.2) is 52.9 Å². The SMILES string of the molecule is COc1ccccc1Nc1nnc(S[C@@H](C)c2ccc(F)cc2)s1. The molecule has 4 nitrogen and oxygen atoms in total. The standard InChI is InChI=1S/C17H16FN3OS2/c1-11(12-7-9-13(18)10-8-12)23-17-21-20-16(24-17)19-14-5-3-4-6-15(14)22-2/h3-11H,1-2H3,(H,19,20)/t11-/m0/s1. The van der Waals surface area contributed by atoms with Gasteiger partial charge in [-0.1, -0.05) is 47.4 Å². The van der Waals surface area contributed by atoms with Crippen molar-refractivity contribution < 1.29 is 9.13 Å². The second kappa shape index (κ2) is 7.63. The average Bonchev–Trinajstić information content (AvgIpc) is 3.03. The van der Waals surface area contributed by atoms with Gasteiger partial charge in [0, 0.05) is 5.25 Å². The van der Waals surface area contributed by atoms with Crippen molar-refractivity contribution in [3.63, 3.8) is 0 Å². The van der Waals surface area contributed by atoms with Gasteiger partial charge in [-0.15, -0.1) is 10.2 Å². The topological polar surface area (TPSA) is 47.0 Å². The molecule has 0 spiro atoms. The molecule has 0 radical (unpaired) electrons. The van der Waals surface area contributed by atoms with E-state index in [-0.39, 0.29) is 11.1 Å². The lowest BCUT2D eigenvalue weighted by atomic mass is 10.2. The van der Waals surface area contributed by atoms with Gasteiger partial charge in [-0.05, 0) is 36.8 Å². The molecule has 0 unspecified atom stereocenters. The summed E-state index contributed by atoms with van der Waals surface area (Å²) in [4.78, 5) is 0. The smallest absolute Gasteiger partial charge is 0.210 e. The number of aromatic nitrogens is 2. The summed E-state index contributed by atoms with van der Waals surface area (Å²) in [5.41, 5.74) is 1.90. The summed E-state index contributed by atoms with van der Waals surface area (Å²) in [6.07, 6.45) is 0. The Labute approximate surface area is 148 Å². The Hall–Kier alpha value is -2.12. The lowest BCUT2D eigenvalue weighted by Gasteiger charge is -2.09. The number of hydrogen-bond acceptors (Lipinski definition) is 6. The van der Waals surface area contributed by atoms with Crippen LogP contribution in [0.2, 0.25) is 0 Å². The molecule has 0 aliphatic carbocycles. The van der Waals surface area contributed by atoms with E-state index < -0.39 is 0 Å². The number of anilines is 2. The molecular formula is C17H16FN3OS2. The number of benzene rings is 2. The molecule has 1 N–H and O–H groups in total. The predicted octanol–water partition coefficient (Wildman–Crippen LogP) is 5.28. The fraction of sp³-hybridized carbons (Fsp3) is 0.176. The Morgan fingerprint density at radius 2 is 1.88 bits per heavy atom. The Morgan fingerprint density at radius 1 is 1.12 bits per heavy atom. The molecule has 3 aromatic rings. The molecule has 124 valence electrons. The highest BCUT2D eigenvalue weighted by atomic mass is 32.2. The first-order valence-corrected chi connectivity index (χ1v) is 9.01. The molecule has 1 heterocycles. The largest absolute Gasteiger partial charge is 0.495 e. The minimum absolute atomic E-state index is 0.165. The zero-order valence-electron chi connectivity index (χ0n) is 13.2. The molecule has 0 saturated carbocycles. The third-order valence-corrected chi connectivity index (χ3v) is 5.45. The number of para-hydroxylation sites is 2. The van der Waals surface area contributed by atoms with E-state index in [2.05, 4.69) is 22.4 Å². The third-order valence-electron chi connectivity index (χ3n) is 3.37. The molecule has 3 rings (SSSR count). The van der Waals surface area contributed by atoms with Gasteiger partial charge in [-0.25, -0.2) is 4.39 Å². The van der Waals surface area contributed by atoms with Gasteiger partial charge >= 0.3 is 0 Å². The number of halogens is 1. The van der Waals surface area contributed by atoms with Gasteiger partial charge in [0.15, 0.2) is 4.34 Å². The molecule has 2 aromatic carbocycles. The van der Waals surface area contributed by atoms with E-state index in [0.29, 0.717) is 5.13 Å². The molecule has 1 aromatic heterocycles. The molecular weight excluding hydrogens is 345 g/mol. The van der Waals surface area contributed by atoms with Gasteiger partial charge in [0.1, 0.15) is 11.6 Å². The van der Waals surface area contributed by atoms with Crippen LogP contribution in [0.3, 0.4) is 0 Å². The quantitative estimate of drug-likeness (QED) is 0.605. The molecule has 0 aliphatic heterocycles. The Kier molecular flexibility index (Phi) is 5.32. The molecule has 0 saturated heterocycles. The summed E-state index contributed by atoms with van der Waals surface area (Å²) >= 11 is 3.07. The zero-order chi connectivity index (χ0) is 16.9. The third kappa shape index (κ3) is 4.04. The van der Waals surface area contributed by atoms with Gasteiger partial charge in [-0.3, -0.25) is 0 Å². The van der Waals surface area contributed by atoms with E-state index in [1.807, 2.05) is 24.3 Å².